The summed E-state index contributed by atoms with van der Waals surface area (Å²) < 4.78 is 24.6. The Labute approximate surface area is 168 Å². The van der Waals surface area contributed by atoms with E-state index in [0.29, 0.717) is 17.0 Å². The highest BCUT2D eigenvalue weighted by molar-refractivity contribution is 8.00. The van der Waals surface area contributed by atoms with E-state index in [2.05, 4.69) is 21.6 Å². The van der Waals surface area contributed by atoms with E-state index in [1.165, 1.54) is 17.8 Å². The number of fused-ring (bicyclic) bond motifs is 1. The van der Waals surface area contributed by atoms with E-state index in [1.54, 1.807) is 5.38 Å². The van der Waals surface area contributed by atoms with Crippen LogP contribution in [0.5, 0.6) is 0 Å². The fraction of sp³-hybridized carbons (Fsp3) is 0.333. The number of aromatic nitrogens is 1. The third-order valence-electron chi connectivity index (χ3n) is 3.93. The van der Waals surface area contributed by atoms with E-state index in [4.69, 9.17) is 0 Å². The lowest BCUT2D eigenvalue weighted by Crippen LogP contribution is -2.70. The predicted octanol–water partition coefficient (Wildman–Crippen LogP) is -0.0183. The normalized spacial score (nSPS) is 21.6. The maximum absolute atomic E-state index is 12.4. The molecule has 0 saturated carbocycles. The number of aliphatic carboxylic acids is 1. The Morgan fingerprint density at radius 2 is 2.21 bits per heavy atom. The molecule has 0 aliphatic carbocycles. The van der Waals surface area contributed by atoms with Crippen LogP contribution < -0.4 is 10.0 Å². The van der Waals surface area contributed by atoms with Gasteiger partial charge in [-0.1, -0.05) is 12.7 Å². The van der Waals surface area contributed by atoms with Crippen LogP contribution in [0.1, 0.15) is 5.69 Å². The molecule has 0 spiro atoms. The van der Waals surface area contributed by atoms with Gasteiger partial charge in [0.2, 0.25) is 15.9 Å². The zero-order valence-electron chi connectivity index (χ0n) is 14.5. The van der Waals surface area contributed by atoms with Gasteiger partial charge >= 0.3 is 5.97 Å². The van der Waals surface area contributed by atoms with Gasteiger partial charge in [0.1, 0.15) is 17.1 Å². The zero-order chi connectivity index (χ0) is 20.6. The van der Waals surface area contributed by atoms with Crippen LogP contribution in [0.4, 0.5) is 5.13 Å². The number of carboxylic acids is 1. The summed E-state index contributed by atoms with van der Waals surface area (Å²) in [7, 11) is -3.46. The molecule has 1 saturated heterocycles. The molecule has 0 radical (unpaired) electrons. The van der Waals surface area contributed by atoms with Gasteiger partial charge in [-0.3, -0.25) is 19.2 Å². The van der Waals surface area contributed by atoms with Crippen molar-refractivity contribution in [3.05, 3.63) is 35.0 Å². The average Bonchev–Trinajstić information content (AvgIpc) is 3.02. The number of thioether (sulfide) groups is 1. The topological polar surface area (TPSA) is 146 Å². The van der Waals surface area contributed by atoms with Crippen molar-refractivity contribution in [1.82, 2.24) is 15.2 Å². The Bertz CT molecular complexity index is 999. The molecule has 1 aromatic rings. The van der Waals surface area contributed by atoms with Crippen molar-refractivity contribution < 1.29 is 27.9 Å². The Morgan fingerprint density at radius 1 is 1.50 bits per heavy atom. The molecule has 150 valence electrons. The van der Waals surface area contributed by atoms with Crippen LogP contribution in [-0.4, -0.2) is 64.6 Å². The number of rotatable bonds is 7. The van der Waals surface area contributed by atoms with Crippen molar-refractivity contribution in [1.29, 1.82) is 0 Å². The number of carbonyl (C=O) groups is 3. The van der Waals surface area contributed by atoms with Gasteiger partial charge in [0.15, 0.2) is 5.13 Å². The van der Waals surface area contributed by atoms with Gasteiger partial charge in [0.25, 0.3) is 5.91 Å². The van der Waals surface area contributed by atoms with Gasteiger partial charge in [0.05, 0.1) is 18.4 Å². The second-order valence-electron chi connectivity index (χ2n) is 6.03. The number of carboxylic acid groups (broad SMARTS) is 1. The number of nitrogens with one attached hydrogen (secondary N) is 2. The van der Waals surface area contributed by atoms with E-state index >= 15 is 0 Å². The largest absolute Gasteiger partial charge is 0.477 e. The summed E-state index contributed by atoms with van der Waals surface area (Å²) in [5, 5.41) is 13.2. The molecule has 1 fully saturated rings. The fourth-order valence-corrected chi connectivity index (χ4v) is 5.69. The average molecular weight is 445 g/mol. The molecule has 3 N–H and O–H groups in total. The van der Waals surface area contributed by atoms with Crippen LogP contribution in [0.2, 0.25) is 0 Å². The Balaban J connectivity index is 1.64. The minimum Gasteiger partial charge on any atom is -0.477 e. The van der Waals surface area contributed by atoms with Gasteiger partial charge in [-0.05, 0) is 5.57 Å². The van der Waals surface area contributed by atoms with E-state index in [1.807, 2.05) is 0 Å². The second-order valence-corrected chi connectivity index (χ2v) is 9.74. The Kier molecular flexibility index (Phi) is 5.50. The molecule has 2 amide bonds. The Hall–Kier alpha value is -2.38. The summed E-state index contributed by atoms with van der Waals surface area (Å²) >= 11 is 2.39. The van der Waals surface area contributed by atoms with Gasteiger partial charge < -0.3 is 10.4 Å². The maximum Gasteiger partial charge on any atom is 0.352 e. The number of β-lactam (4-membered cyclic amide) rings is 1. The summed E-state index contributed by atoms with van der Waals surface area (Å²) in [6.07, 6.45) is 2.27. The smallest absolute Gasteiger partial charge is 0.352 e. The van der Waals surface area contributed by atoms with Crippen molar-refractivity contribution in [2.24, 2.45) is 0 Å². The summed E-state index contributed by atoms with van der Waals surface area (Å²) in [5.41, 5.74) is 0.708. The lowest BCUT2D eigenvalue weighted by Gasteiger charge is -2.49. The lowest BCUT2D eigenvalue weighted by atomic mass is 10.0. The van der Waals surface area contributed by atoms with Crippen molar-refractivity contribution in [2.45, 2.75) is 17.8 Å². The highest BCUT2D eigenvalue weighted by Crippen LogP contribution is 2.40. The number of amides is 2. The van der Waals surface area contributed by atoms with E-state index in [0.717, 1.165) is 22.5 Å². The molecule has 13 heteroatoms. The molecule has 0 bridgehead atoms. The lowest BCUT2D eigenvalue weighted by molar-refractivity contribution is -0.150. The summed E-state index contributed by atoms with van der Waals surface area (Å²) in [5.74, 6) is -1.81. The molecule has 0 aromatic carbocycles. The van der Waals surface area contributed by atoms with E-state index in [9.17, 15) is 27.9 Å². The monoisotopic (exact) mass is 444 g/mol. The number of sulfonamides is 1. The second kappa shape index (κ2) is 7.56. The molecule has 2 atom stereocenters. The third kappa shape index (κ3) is 4.05. The fourth-order valence-electron chi connectivity index (χ4n) is 2.78. The molecule has 2 aliphatic rings. The first kappa shape index (κ1) is 20.4. The molecular weight excluding hydrogens is 428 g/mol. The van der Waals surface area contributed by atoms with Crippen LogP contribution in [0.25, 0.3) is 0 Å². The predicted molar refractivity (Wildman–Crippen MR) is 104 cm³/mol. The first-order valence-corrected chi connectivity index (χ1v) is 11.7. The molecule has 3 rings (SSSR count). The standard InChI is InChI=1S/C15H16N4O6S3/c1-3-7-5-26-13-10(12(21)19(13)11(7)14(22)23)17-9(20)4-8-6-27-15(16-8)18-28(2,24)25/h3,6,10,13H,1,4-5H2,2H3,(H,16,18)(H,17,20)(H,22,23)/t10?,13-/m0/s1. The molecular formula is C15H16N4O6S3. The molecule has 3 heterocycles. The quantitative estimate of drug-likeness (QED) is 0.498. The van der Waals surface area contributed by atoms with Crippen LogP contribution in [0.3, 0.4) is 0 Å². The summed E-state index contributed by atoms with van der Waals surface area (Å²) in [6, 6.07) is -0.828. The number of thiazole rings is 1. The minimum atomic E-state index is -3.46. The van der Waals surface area contributed by atoms with E-state index < -0.39 is 39.2 Å². The molecule has 28 heavy (non-hydrogen) atoms. The first-order chi connectivity index (χ1) is 13.1. The van der Waals surface area contributed by atoms with Gasteiger partial charge in [-0.15, -0.1) is 23.1 Å². The number of hydrogen-bond acceptors (Lipinski definition) is 8. The number of allylic oxidation sites excluding steroid dienone is 1. The highest BCUT2D eigenvalue weighted by atomic mass is 32.2. The van der Waals surface area contributed by atoms with Gasteiger partial charge in [-0.25, -0.2) is 18.2 Å². The number of hydrogen-bond donors (Lipinski definition) is 3. The van der Waals surface area contributed by atoms with Gasteiger partial charge in [-0.2, -0.15) is 0 Å². The number of nitrogens with zero attached hydrogens (tertiary/aromatic N) is 2. The maximum atomic E-state index is 12.4. The Morgan fingerprint density at radius 3 is 2.82 bits per heavy atom. The van der Waals surface area contributed by atoms with Crippen molar-refractivity contribution >= 4 is 56.0 Å². The number of anilines is 1. The van der Waals surface area contributed by atoms with E-state index in [-0.39, 0.29) is 17.2 Å². The molecule has 1 aromatic heterocycles. The first-order valence-electron chi connectivity index (χ1n) is 7.86. The SMILES string of the molecule is C=CC1=C(C(=O)O)N2C(=O)C(NC(=O)Cc3csc(NS(C)(=O)=O)n3)[C@@H]2SC1. The molecule has 2 aliphatic heterocycles. The third-order valence-corrected chi connectivity index (χ3v) is 6.73. The van der Waals surface area contributed by atoms with Crippen molar-refractivity contribution in [3.8, 4) is 0 Å². The van der Waals surface area contributed by atoms with Crippen molar-refractivity contribution in [2.75, 3.05) is 16.7 Å². The summed E-state index contributed by atoms with van der Waals surface area (Å²) in [6.45, 7) is 3.57. The van der Waals surface area contributed by atoms with Crippen LogP contribution in [-0.2, 0) is 30.8 Å². The van der Waals surface area contributed by atoms with Gasteiger partial charge in [0, 0.05) is 11.1 Å². The van der Waals surface area contributed by atoms with Crippen LogP contribution in [0, 0.1) is 0 Å². The zero-order valence-corrected chi connectivity index (χ0v) is 17.0. The van der Waals surface area contributed by atoms with Crippen LogP contribution >= 0.6 is 23.1 Å². The van der Waals surface area contributed by atoms with Crippen LogP contribution in [0.15, 0.2) is 29.3 Å². The highest BCUT2D eigenvalue weighted by Gasteiger charge is 2.53. The molecule has 1 unspecified atom stereocenters. The number of carbonyl (C=O) groups excluding carboxylic acids is 2. The van der Waals surface area contributed by atoms with Crippen molar-refractivity contribution in [3.63, 3.8) is 0 Å². The minimum absolute atomic E-state index is 0.106. The molecule has 10 nitrogen and oxygen atoms in total. The summed E-state index contributed by atoms with van der Waals surface area (Å²) in [4.78, 5) is 41.3.